The molecule has 2 atom stereocenters. The molecule has 0 aliphatic heterocycles. The van der Waals surface area contributed by atoms with Gasteiger partial charge < -0.3 is 15.3 Å². The van der Waals surface area contributed by atoms with Crippen LogP contribution in [0.15, 0.2) is 0 Å². The summed E-state index contributed by atoms with van der Waals surface area (Å²) in [4.78, 5) is 11.7. The summed E-state index contributed by atoms with van der Waals surface area (Å²) in [5, 5.41) is 10.1. The maximum absolute atomic E-state index is 11.7. The zero-order valence-corrected chi connectivity index (χ0v) is 18.6. The predicted molar refractivity (Wildman–Crippen MR) is 109 cm³/mol. The first kappa shape index (κ1) is 24.6. The third-order valence-corrected chi connectivity index (χ3v) is 9.94. The summed E-state index contributed by atoms with van der Waals surface area (Å²) in [5.74, 6) is -0.346. The van der Waals surface area contributed by atoms with Crippen LogP contribution in [0, 0.1) is 0 Å². The van der Waals surface area contributed by atoms with Crippen molar-refractivity contribution >= 4 is 14.2 Å². The van der Waals surface area contributed by atoms with Crippen molar-refractivity contribution in [3.8, 4) is 0 Å². The molecule has 0 radical (unpaired) electrons. The molecule has 0 saturated carbocycles. The van der Waals surface area contributed by atoms with Gasteiger partial charge in [0.2, 0.25) is 5.91 Å². The van der Waals surface area contributed by atoms with Crippen LogP contribution in [0.5, 0.6) is 0 Å². The molecule has 0 aromatic carbocycles. The summed E-state index contributed by atoms with van der Waals surface area (Å²) in [6.07, 6.45) is 9.58. The number of carbonyl (C=O) groups is 1. The summed E-state index contributed by atoms with van der Waals surface area (Å²) in [6, 6.07) is 0. The summed E-state index contributed by atoms with van der Waals surface area (Å²) < 4.78 is 6.18. The first-order chi connectivity index (χ1) is 11.5. The van der Waals surface area contributed by atoms with Crippen LogP contribution in [0.2, 0.25) is 18.1 Å². The number of nitrogens with two attached hydrogens (primary N) is 1. The zero-order chi connectivity index (χ0) is 19.5. The van der Waals surface area contributed by atoms with E-state index in [1.807, 2.05) is 0 Å². The van der Waals surface area contributed by atoms with E-state index in [1.54, 1.807) is 0 Å². The normalized spacial score (nSPS) is 15.2. The molecule has 0 bridgehead atoms. The van der Waals surface area contributed by atoms with Gasteiger partial charge in [-0.2, -0.15) is 0 Å². The Morgan fingerprint density at radius 2 is 1.48 bits per heavy atom. The molecule has 0 fully saturated rings. The van der Waals surface area contributed by atoms with Crippen LogP contribution in [0.25, 0.3) is 0 Å². The van der Waals surface area contributed by atoms with Gasteiger partial charge in [-0.25, -0.2) is 0 Å². The zero-order valence-electron chi connectivity index (χ0n) is 17.6. The molecular weight excluding hydrogens is 330 g/mol. The Bertz CT molecular complexity index is 366. The standard InChI is InChI=1S/C20H43NO3Si/c1-7-8-9-11-14-17(22)15-12-10-13-16-18(19(21)23)24-25(5,6)20(2,3)4/h17-18,22H,7-16H2,1-6H3,(H2,21,23)/t17-,18-/m1/s1. The van der Waals surface area contributed by atoms with Gasteiger partial charge in [0.05, 0.1) is 6.10 Å². The average molecular weight is 374 g/mol. The first-order valence-corrected chi connectivity index (χ1v) is 13.1. The molecule has 0 saturated heterocycles. The Hall–Kier alpha value is -0.393. The Balaban J connectivity index is 4.04. The summed E-state index contributed by atoms with van der Waals surface area (Å²) in [7, 11) is -1.98. The maximum atomic E-state index is 11.7. The molecule has 0 aromatic heterocycles. The lowest BCUT2D eigenvalue weighted by Crippen LogP contribution is -2.47. The number of amides is 1. The number of carbonyl (C=O) groups excluding carboxylic acids is 1. The Morgan fingerprint density at radius 3 is 1.92 bits per heavy atom. The fourth-order valence-corrected chi connectivity index (χ4v) is 3.93. The van der Waals surface area contributed by atoms with Crippen LogP contribution in [-0.2, 0) is 9.22 Å². The molecular formula is C20H43NO3Si. The van der Waals surface area contributed by atoms with Gasteiger partial charge in [-0.1, -0.05) is 72.6 Å². The van der Waals surface area contributed by atoms with Gasteiger partial charge in [-0.15, -0.1) is 0 Å². The third kappa shape index (κ3) is 11.0. The average Bonchev–Trinajstić information content (AvgIpc) is 2.48. The largest absolute Gasteiger partial charge is 0.405 e. The fraction of sp³-hybridized carbons (Fsp3) is 0.950. The highest BCUT2D eigenvalue weighted by Gasteiger charge is 2.40. The van der Waals surface area contributed by atoms with Gasteiger partial charge in [0, 0.05) is 0 Å². The topological polar surface area (TPSA) is 72.6 Å². The second-order valence-electron chi connectivity index (χ2n) is 8.91. The van der Waals surface area contributed by atoms with Crippen LogP contribution in [0.4, 0.5) is 0 Å². The van der Waals surface area contributed by atoms with Crippen LogP contribution < -0.4 is 5.73 Å². The quantitative estimate of drug-likeness (QED) is 0.327. The van der Waals surface area contributed by atoms with E-state index in [2.05, 4.69) is 40.8 Å². The monoisotopic (exact) mass is 373 g/mol. The molecule has 1 amide bonds. The van der Waals surface area contributed by atoms with E-state index >= 15 is 0 Å². The van der Waals surface area contributed by atoms with Crippen molar-refractivity contribution in [2.45, 2.75) is 122 Å². The Morgan fingerprint density at radius 1 is 1.00 bits per heavy atom. The molecule has 0 heterocycles. The van der Waals surface area contributed by atoms with E-state index in [1.165, 1.54) is 19.3 Å². The minimum atomic E-state index is -1.98. The molecule has 5 heteroatoms. The lowest BCUT2D eigenvalue weighted by molar-refractivity contribution is -0.125. The highest BCUT2D eigenvalue weighted by molar-refractivity contribution is 6.74. The molecule has 0 aromatic rings. The second kappa shape index (κ2) is 12.1. The number of rotatable bonds is 14. The van der Waals surface area contributed by atoms with Gasteiger partial charge in [-0.3, -0.25) is 4.79 Å². The van der Waals surface area contributed by atoms with Crippen molar-refractivity contribution in [1.29, 1.82) is 0 Å². The van der Waals surface area contributed by atoms with E-state index in [9.17, 15) is 9.90 Å². The molecule has 4 nitrogen and oxygen atoms in total. The number of hydrogen-bond acceptors (Lipinski definition) is 3. The molecule has 0 aliphatic carbocycles. The molecule has 3 N–H and O–H groups in total. The van der Waals surface area contributed by atoms with Crippen LogP contribution >= 0.6 is 0 Å². The molecule has 0 aliphatic rings. The fourth-order valence-electron chi connectivity index (χ4n) is 2.63. The van der Waals surface area contributed by atoms with E-state index in [0.29, 0.717) is 6.42 Å². The summed E-state index contributed by atoms with van der Waals surface area (Å²) >= 11 is 0. The van der Waals surface area contributed by atoms with Crippen molar-refractivity contribution in [3.63, 3.8) is 0 Å². The van der Waals surface area contributed by atoms with Gasteiger partial charge in [0.25, 0.3) is 0 Å². The lowest BCUT2D eigenvalue weighted by atomic mass is 10.0. The van der Waals surface area contributed by atoms with Gasteiger partial charge in [-0.05, 0) is 37.4 Å². The van der Waals surface area contributed by atoms with E-state index in [4.69, 9.17) is 10.2 Å². The molecule has 0 spiro atoms. The molecule has 25 heavy (non-hydrogen) atoms. The minimum Gasteiger partial charge on any atom is -0.405 e. The molecule has 150 valence electrons. The smallest absolute Gasteiger partial charge is 0.245 e. The van der Waals surface area contributed by atoms with Gasteiger partial charge in [0.15, 0.2) is 8.32 Å². The van der Waals surface area contributed by atoms with Crippen LogP contribution in [0.1, 0.15) is 91.9 Å². The van der Waals surface area contributed by atoms with Crippen molar-refractivity contribution in [2.24, 2.45) is 5.73 Å². The molecule has 0 unspecified atom stereocenters. The van der Waals surface area contributed by atoms with E-state index < -0.39 is 14.4 Å². The number of primary amides is 1. The third-order valence-electron chi connectivity index (χ3n) is 5.45. The van der Waals surface area contributed by atoms with Crippen LogP contribution in [0.3, 0.4) is 0 Å². The molecule has 0 rings (SSSR count). The van der Waals surface area contributed by atoms with Crippen molar-refractivity contribution in [2.75, 3.05) is 0 Å². The number of hydrogen-bond donors (Lipinski definition) is 2. The summed E-state index contributed by atoms with van der Waals surface area (Å²) in [6.45, 7) is 13.0. The number of aliphatic hydroxyl groups excluding tert-OH is 1. The highest BCUT2D eigenvalue weighted by Crippen LogP contribution is 2.37. The van der Waals surface area contributed by atoms with E-state index in [-0.39, 0.29) is 17.0 Å². The Kier molecular flexibility index (Phi) is 11.9. The minimum absolute atomic E-state index is 0.0720. The number of unbranched alkanes of at least 4 members (excludes halogenated alkanes) is 5. The SMILES string of the molecule is CCCCCC[C@@H](O)CCCCC[C@@H](O[Si](C)(C)C(C)(C)C)C(N)=O. The highest BCUT2D eigenvalue weighted by atomic mass is 28.4. The van der Waals surface area contributed by atoms with Gasteiger partial charge in [0.1, 0.15) is 6.10 Å². The van der Waals surface area contributed by atoms with Crippen molar-refractivity contribution in [3.05, 3.63) is 0 Å². The maximum Gasteiger partial charge on any atom is 0.245 e. The van der Waals surface area contributed by atoms with Gasteiger partial charge >= 0.3 is 0 Å². The van der Waals surface area contributed by atoms with E-state index in [0.717, 1.165) is 38.5 Å². The van der Waals surface area contributed by atoms with Crippen molar-refractivity contribution < 1.29 is 14.3 Å². The van der Waals surface area contributed by atoms with Crippen molar-refractivity contribution in [1.82, 2.24) is 0 Å². The Labute approximate surface area is 157 Å². The first-order valence-electron chi connectivity index (χ1n) is 10.2. The number of aliphatic hydroxyl groups is 1. The lowest BCUT2D eigenvalue weighted by Gasteiger charge is -2.38. The predicted octanol–water partition coefficient (Wildman–Crippen LogP) is 5.14. The summed E-state index contributed by atoms with van der Waals surface area (Å²) in [5.41, 5.74) is 5.55. The van der Waals surface area contributed by atoms with Crippen LogP contribution in [-0.4, -0.2) is 31.5 Å². The second-order valence-corrected chi connectivity index (χ2v) is 13.7.